The number of likely N-dealkylation sites (tertiary alicyclic amines) is 1. The second kappa shape index (κ2) is 5.57. The van der Waals surface area contributed by atoms with Crippen molar-refractivity contribution in [1.82, 2.24) is 10.2 Å². The van der Waals surface area contributed by atoms with Crippen LogP contribution in [-0.4, -0.2) is 55.9 Å². The lowest BCUT2D eigenvalue weighted by molar-refractivity contribution is -0.134. The molecule has 106 valence electrons. The van der Waals surface area contributed by atoms with Gasteiger partial charge in [-0.3, -0.25) is 4.79 Å². The molecule has 1 aliphatic rings. The first kappa shape index (κ1) is 15.4. The van der Waals surface area contributed by atoms with Crippen LogP contribution in [0.3, 0.4) is 0 Å². The van der Waals surface area contributed by atoms with Crippen molar-refractivity contribution in [3.05, 3.63) is 0 Å². The van der Waals surface area contributed by atoms with Crippen molar-refractivity contribution in [2.75, 3.05) is 25.9 Å². The third-order valence-corrected chi connectivity index (χ3v) is 5.75. The van der Waals surface area contributed by atoms with E-state index < -0.39 is 14.6 Å². The number of nitrogens with one attached hydrogen (secondary N) is 1. The number of carbonyl (C=O) groups excluding carboxylic acids is 1. The summed E-state index contributed by atoms with van der Waals surface area (Å²) >= 11 is 0. The van der Waals surface area contributed by atoms with Crippen LogP contribution in [-0.2, 0) is 14.6 Å². The first-order chi connectivity index (χ1) is 8.20. The molecule has 0 atom stereocenters. The van der Waals surface area contributed by atoms with Gasteiger partial charge in [-0.2, -0.15) is 0 Å². The molecule has 0 aliphatic carbocycles. The Hall–Kier alpha value is -0.620. The van der Waals surface area contributed by atoms with Crippen molar-refractivity contribution in [3.8, 4) is 0 Å². The summed E-state index contributed by atoms with van der Waals surface area (Å²) in [6, 6.07) is 0.445. The number of hydrogen-bond donors (Lipinski definition) is 1. The maximum absolute atomic E-state index is 12.3. The molecule has 0 aromatic heterocycles. The number of sulfone groups is 1. The topological polar surface area (TPSA) is 66.5 Å². The van der Waals surface area contributed by atoms with Crippen molar-refractivity contribution < 1.29 is 13.2 Å². The Labute approximate surface area is 110 Å². The van der Waals surface area contributed by atoms with Gasteiger partial charge in [-0.15, -0.1) is 0 Å². The zero-order chi connectivity index (χ0) is 14.0. The highest BCUT2D eigenvalue weighted by Gasteiger charge is 2.41. The molecule has 0 saturated carbocycles. The first-order valence-electron chi connectivity index (χ1n) is 6.42. The second-order valence-corrected chi connectivity index (χ2v) is 7.97. The Morgan fingerprint density at radius 3 is 2.22 bits per heavy atom. The summed E-state index contributed by atoms with van der Waals surface area (Å²) in [5, 5.41) is 3.36. The maximum Gasteiger partial charge on any atom is 0.243 e. The molecule has 5 nitrogen and oxygen atoms in total. The number of amides is 1. The van der Waals surface area contributed by atoms with Gasteiger partial charge in [0.1, 0.15) is 4.75 Å². The minimum absolute atomic E-state index is 0.278. The summed E-state index contributed by atoms with van der Waals surface area (Å²) in [5.41, 5.74) is 0. The summed E-state index contributed by atoms with van der Waals surface area (Å²) < 4.78 is 22.0. The van der Waals surface area contributed by atoms with Gasteiger partial charge in [0.25, 0.3) is 0 Å². The Morgan fingerprint density at radius 2 is 1.83 bits per heavy atom. The minimum Gasteiger partial charge on any atom is -0.341 e. The fourth-order valence-electron chi connectivity index (χ4n) is 2.11. The number of hydrogen-bond acceptors (Lipinski definition) is 4. The Morgan fingerprint density at radius 1 is 1.33 bits per heavy atom. The van der Waals surface area contributed by atoms with Crippen LogP contribution in [0.2, 0.25) is 0 Å². The predicted octanol–water partition coefficient (Wildman–Crippen LogP) is 0.410. The van der Waals surface area contributed by atoms with Crippen molar-refractivity contribution in [2.45, 2.75) is 44.4 Å². The van der Waals surface area contributed by atoms with Crippen molar-refractivity contribution in [2.24, 2.45) is 0 Å². The predicted molar refractivity (Wildman–Crippen MR) is 72.2 cm³/mol. The molecule has 6 heteroatoms. The number of rotatable bonds is 4. The van der Waals surface area contributed by atoms with E-state index in [-0.39, 0.29) is 5.91 Å². The molecular weight excluding hydrogens is 252 g/mol. The molecule has 0 spiro atoms. The Balaban J connectivity index is 2.66. The van der Waals surface area contributed by atoms with Crippen LogP contribution < -0.4 is 5.32 Å². The van der Waals surface area contributed by atoms with E-state index in [0.29, 0.717) is 19.1 Å². The van der Waals surface area contributed by atoms with Crippen LogP contribution >= 0.6 is 0 Å². The van der Waals surface area contributed by atoms with Gasteiger partial charge in [-0.25, -0.2) is 8.42 Å². The highest BCUT2D eigenvalue weighted by atomic mass is 32.2. The van der Waals surface area contributed by atoms with Crippen LogP contribution in [0.15, 0.2) is 0 Å². The molecule has 0 unspecified atom stereocenters. The van der Waals surface area contributed by atoms with Gasteiger partial charge in [0.2, 0.25) is 5.91 Å². The van der Waals surface area contributed by atoms with Gasteiger partial charge in [0.15, 0.2) is 9.84 Å². The fourth-order valence-corrected chi connectivity index (χ4v) is 2.56. The number of nitrogens with zero attached hydrogens (tertiary/aromatic N) is 1. The van der Waals surface area contributed by atoms with E-state index in [1.165, 1.54) is 13.8 Å². The lowest BCUT2D eigenvalue weighted by atomic mass is 10.0. The van der Waals surface area contributed by atoms with Crippen LogP contribution in [0.1, 0.15) is 33.6 Å². The zero-order valence-corrected chi connectivity index (χ0v) is 12.5. The molecule has 1 rings (SSSR count). The molecule has 0 aromatic carbocycles. The molecule has 0 radical (unpaired) electrons. The smallest absolute Gasteiger partial charge is 0.243 e. The first-order valence-corrected chi connectivity index (χ1v) is 8.31. The van der Waals surface area contributed by atoms with Gasteiger partial charge in [0, 0.05) is 25.4 Å². The zero-order valence-electron chi connectivity index (χ0n) is 11.7. The maximum atomic E-state index is 12.3. The molecular formula is C12H24N2O3S. The molecule has 1 saturated heterocycles. The summed E-state index contributed by atoms with van der Waals surface area (Å²) in [6.45, 7) is 7.23. The van der Waals surface area contributed by atoms with E-state index in [0.717, 1.165) is 25.6 Å². The van der Waals surface area contributed by atoms with Crippen molar-refractivity contribution in [3.63, 3.8) is 0 Å². The van der Waals surface area contributed by atoms with Gasteiger partial charge in [-0.1, -0.05) is 6.92 Å². The number of piperidine rings is 1. The van der Waals surface area contributed by atoms with Gasteiger partial charge in [-0.05, 0) is 33.2 Å². The van der Waals surface area contributed by atoms with E-state index in [9.17, 15) is 13.2 Å². The molecule has 1 N–H and O–H groups in total. The molecule has 1 fully saturated rings. The number of carbonyl (C=O) groups is 1. The van der Waals surface area contributed by atoms with Crippen LogP contribution in [0, 0.1) is 0 Å². The third kappa shape index (κ3) is 3.23. The largest absolute Gasteiger partial charge is 0.341 e. The van der Waals surface area contributed by atoms with Gasteiger partial charge in [0.05, 0.1) is 0 Å². The summed E-state index contributed by atoms with van der Waals surface area (Å²) in [7, 11) is -3.38. The molecule has 0 aromatic rings. The third-order valence-electron chi connectivity index (χ3n) is 3.72. The van der Waals surface area contributed by atoms with E-state index in [4.69, 9.17) is 0 Å². The summed E-state index contributed by atoms with van der Waals surface area (Å²) in [6.07, 6.45) is 2.90. The van der Waals surface area contributed by atoms with Crippen molar-refractivity contribution in [1.29, 1.82) is 0 Å². The fraction of sp³-hybridized carbons (Fsp3) is 0.917. The van der Waals surface area contributed by atoms with Gasteiger partial charge < -0.3 is 10.2 Å². The van der Waals surface area contributed by atoms with Crippen molar-refractivity contribution >= 4 is 15.7 Å². The molecule has 1 aliphatic heterocycles. The summed E-state index contributed by atoms with van der Waals surface area (Å²) in [5.74, 6) is -0.278. The average molecular weight is 276 g/mol. The summed E-state index contributed by atoms with van der Waals surface area (Å²) in [4.78, 5) is 13.9. The monoisotopic (exact) mass is 276 g/mol. The Bertz CT molecular complexity index is 396. The van der Waals surface area contributed by atoms with Gasteiger partial charge >= 0.3 is 0 Å². The van der Waals surface area contributed by atoms with Crippen LogP contribution in [0.5, 0.6) is 0 Å². The standard InChI is InChI=1S/C12H24N2O3S/c1-5-13-10-6-8-14(9-7-10)11(15)12(2,3)18(4,16)17/h10,13H,5-9H2,1-4H3. The second-order valence-electron chi connectivity index (χ2n) is 5.41. The van der Waals surface area contributed by atoms with E-state index in [1.54, 1.807) is 4.90 Å². The van der Waals surface area contributed by atoms with E-state index >= 15 is 0 Å². The molecule has 1 heterocycles. The normalized spacial score (nSPS) is 19.0. The van der Waals surface area contributed by atoms with Crippen LogP contribution in [0.25, 0.3) is 0 Å². The van der Waals surface area contributed by atoms with E-state index in [1.807, 2.05) is 0 Å². The average Bonchev–Trinajstić information content (AvgIpc) is 2.28. The highest BCUT2D eigenvalue weighted by molar-refractivity contribution is 7.92. The highest BCUT2D eigenvalue weighted by Crippen LogP contribution is 2.21. The van der Waals surface area contributed by atoms with E-state index in [2.05, 4.69) is 12.2 Å². The molecule has 1 amide bonds. The minimum atomic E-state index is -3.38. The SMILES string of the molecule is CCNC1CCN(C(=O)C(C)(C)S(C)(=O)=O)CC1. The lowest BCUT2D eigenvalue weighted by Crippen LogP contribution is -2.53. The van der Waals surface area contributed by atoms with Crippen LogP contribution in [0.4, 0.5) is 0 Å². The lowest BCUT2D eigenvalue weighted by Gasteiger charge is -2.36. The molecule has 18 heavy (non-hydrogen) atoms. The quantitative estimate of drug-likeness (QED) is 0.807. The Kier molecular flexibility index (Phi) is 4.78. The molecule has 0 bridgehead atoms.